The highest BCUT2D eigenvalue weighted by molar-refractivity contribution is 6.39. The summed E-state index contributed by atoms with van der Waals surface area (Å²) < 4.78 is 18.5. The van der Waals surface area contributed by atoms with Gasteiger partial charge in [0.05, 0.1) is 25.0 Å². The molecule has 0 bridgehead atoms. The number of carbonyl (C=O) groups is 4. The number of nitrogens with two attached hydrogens (primary N) is 1. The van der Waals surface area contributed by atoms with Crippen LogP contribution in [-0.4, -0.2) is 64.7 Å². The quantitative estimate of drug-likeness (QED) is 0.620. The summed E-state index contributed by atoms with van der Waals surface area (Å²) in [4.78, 5) is 57.5. The lowest BCUT2D eigenvalue weighted by molar-refractivity contribution is -0.152. The van der Waals surface area contributed by atoms with Gasteiger partial charge in [0.25, 0.3) is 5.91 Å². The molecule has 2 atom stereocenters. The number of halogens is 1. The molecule has 3 rings (SSSR count). The van der Waals surface area contributed by atoms with Gasteiger partial charge in [-0.15, -0.1) is 0 Å². The van der Waals surface area contributed by atoms with Crippen molar-refractivity contribution in [2.75, 3.05) is 25.5 Å². The van der Waals surface area contributed by atoms with E-state index in [1.54, 1.807) is 25.7 Å². The third-order valence-electron chi connectivity index (χ3n) is 5.79. The zero-order chi connectivity index (χ0) is 25.9. The van der Waals surface area contributed by atoms with E-state index in [9.17, 15) is 23.6 Å². The van der Waals surface area contributed by atoms with Crippen molar-refractivity contribution in [1.29, 1.82) is 0 Å². The van der Waals surface area contributed by atoms with Crippen molar-refractivity contribution >= 4 is 29.3 Å². The average Bonchev–Trinajstić information content (AvgIpc) is 2.83. The van der Waals surface area contributed by atoms with Crippen LogP contribution in [0.3, 0.4) is 0 Å². The minimum atomic E-state index is -0.963. The number of benzene rings is 1. The number of nitrogens with one attached hydrogen (secondary N) is 1. The average molecular weight is 486 g/mol. The summed E-state index contributed by atoms with van der Waals surface area (Å²) in [5.74, 6) is -3.41. The number of methoxy groups -OCH3 is 1. The Bertz CT molecular complexity index is 1140. The number of pyridine rings is 1. The van der Waals surface area contributed by atoms with Crippen molar-refractivity contribution in [2.24, 2.45) is 11.7 Å². The largest absolute Gasteiger partial charge is 0.480 e. The Labute approximate surface area is 202 Å². The maximum absolute atomic E-state index is 13.5. The third kappa shape index (κ3) is 5.56. The van der Waals surface area contributed by atoms with Gasteiger partial charge in [-0.05, 0) is 30.7 Å². The molecule has 186 valence electrons. The molecule has 0 aliphatic carbocycles. The predicted molar refractivity (Wildman–Crippen MR) is 125 cm³/mol. The second-order valence-electron chi connectivity index (χ2n) is 8.62. The van der Waals surface area contributed by atoms with Crippen molar-refractivity contribution < 1.29 is 28.3 Å². The van der Waals surface area contributed by atoms with Gasteiger partial charge in [0.1, 0.15) is 11.4 Å². The molecule has 0 spiro atoms. The maximum Gasteiger partial charge on any atom is 0.313 e. The number of carbonyl (C=O) groups excluding carboxylic acids is 4. The lowest BCUT2D eigenvalue weighted by atomic mass is 9.98. The van der Waals surface area contributed by atoms with Crippen LogP contribution in [0.25, 0.3) is 0 Å². The molecule has 1 aromatic heterocycles. The van der Waals surface area contributed by atoms with E-state index in [4.69, 9.17) is 10.5 Å². The Hall–Kier alpha value is -4.02. The predicted octanol–water partition coefficient (Wildman–Crippen LogP) is 1.72. The second kappa shape index (κ2) is 10.5. The summed E-state index contributed by atoms with van der Waals surface area (Å²) in [5, 5.41) is 2.44. The smallest absolute Gasteiger partial charge is 0.313 e. The Kier molecular flexibility index (Phi) is 7.68. The Morgan fingerprint density at radius 2 is 1.80 bits per heavy atom. The molecule has 3 N–H and O–H groups in total. The Balaban J connectivity index is 1.88. The summed E-state index contributed by atoms with van der Waals surface area (Å²) in [7, 11) is 1.32. The molecular formula is C24H28FN5O5. The van der Waals surface area contributed by atoms with E-state index >= 15 is 0 Å². The number of anilines is 1. The normalized spacial score (nSPS) is 17.8. The van der Waals surface area contributed by atoms with Gasteiger partial charge in [0, 0.05) is 25.0 Å². The molecule has 1 aliphatic rings. The van der Waals surface area contributed by atoms with Gasteiger partial charge < -0.3 is 25.6 Å². The van der Waals surface area contributed by atoms with Gasteiger partial charge in [-0.25, -0.2) is 9.37 Å². The van der Waals surface area contributed by atoms with Gasteiger partial charge in [-0.3, -0.25) is 19.2 Å². The monoisotopic (exact) mass is 485 g/mol. The summed E-state index contributed by atoms with van der Waals surface area (Å²) in [5.41, 5.74) is 5.94. The standard InChI is InChI=1S/C24H28FN5O5/c1-13(2)23(33)29-12-19(15-5-7-16(25)8-6-15)30(11-14(29)3)24(34)21(32)28-17-9-18(20(26)31)22(35-4)27-10-17/h5-10,13-14,19H,11-12H2,1-4H3,(H2,26,31)(H,28,32). The topological polar surface area (TPSA) is 135 Å². The van der Waals surface area contributed by atoms with Crippen LogP contribution in [0.5, 0.6) is 5.88 Å². The highest BCUT2D eigenvalue weighted by atomic mass is 19.1. The molecule has 1 saturated heterocycles. The van der Waals surface area contributed by atoms with Crippen molar-refractivity contribution in [3.63, 3.8) is 0 Å². The highest BCUT2D eigenvalue weighted by Gasteiger charge is 2.40. The van der Waals surface area contributed by atoms with Crippen molar-refractivity contribution in [1.82, 2.24) is 14.8 Å². The Morgan fingerprint density at radius 3 is 2.37 bits per heavy atom. The molecule has 2 aromatic rings. The number of ether oxygens (including phenoxy) is 1. The molecule has 4 amide bonds. The second-order valence-corrected chi connectivity index (χ2v) is 8.62. The van der Waals surface area contributed by atoms with E-state index in [-0.39, 0.29) is 48.1 Å². The summed E-state index contributed by atoms with van der Waals surface area (Å²) >= 11 is 0. The molecule has 1 fully saturated rings. The first-order valence-corrected chi connectivity index (χ1v) is 11.0. The van der Waals surface area contributed by atoms with Gasteiger partial charge >= 0.3 is 11.8 Å². The molecular weight excluding hydrogens is 457 g/mol. The first kappa shape index (κ1) is 25.6. The third-order valence-corrected chi connectivity index (χ3v) is 5.79. The van der Waals surface area contributed by atoms with E-state index < -0.39 is 29.6 Å². The van der Waals surface area contributed by atoms with Crippen molar-refractivity contribution in [2.45, 2.75) is 32.9 Å². The number of piperazine rings is 1. The van der Waals surface area contributed by atoms with Gasteiger partial charge in [0.15, 0.2) is 0 Å². The molecule has 11 heteroatoms. The minimum Gasteiger partial charge on any atom is -0.480 e. The molecule has 1 aliphatic heterocycles. The molecule has 2 unspecified atom stereocenters. The van der Waals surface area contributed by atoms with Crippen LogP contribution < -0.4 is 15.8 Å². The lowest BCUT2D eigenvalue weighted by Crippen LogP contribution is -2.59. The first-order valence-electron chi connectivity index (χ1n) is 11.0. The number of hydrogen-bond donors (Lipinski definition) is 2. The fourth-order valence-electron chi connectivity index (χ4n) is 3.98. The van der Waals surface area contributed by atoms with Crippen LogP contribution in [0.4, 0.5) is 10.1 Å². The molecule has 10 nitrogen and oxygen atoms in total. The van der Waals surface area contributed by atoms with Crippen LogP contribution in [0.1, 0.15) is 42.7 Å². The van der Waals surface area contributed by atoms with Gasteiger partial charge in [0.2, 0.25) is 11.8 Å². The molecule has 0 radical (unpaired) electrons. The first-order chi connectivity index (χ1) is 16.5. The van der Waals surface area contributed by atoms with Crippen molar-refractivity contribution in [3.8, 4) is 5.88 Å². The number of nitrogens with zero attached hydrogens (tertiary/aromatic N) is 3. The minimum absolute atomic E-state index is 0.0158. The zero-order valence-electron chi connectivity index (χ0n) is 19.9. The molecule has 2 heterocycles. The number of amides is 4. The van der Waals surface area contributed by atoms with E-state index in [2.05, 4.69) is 10.3 Å². The molecule has 0 saturated carbocycles. The molecule has 35 heavy (non-hydrogen) atoms. The molecule has 1 aromatic carbocycles. The maximum atomic E-state index is 13.5. The van der Waals surface area contributed by atoms with Crippen LogP contribution in [0, 0.1) is 11.7 Å². The lowest BCUT2D eigenvalue weighted by Gasteiger charge is -2.45. The zero-order valence-corrected chi connectivity index (χ0v) is 19.9. The number of primary amides is 1. The summed E-state index contributed by atoms with van der Waals surface area (Å²) in [6.07, 6.45) is 1.23. The van der Waals surface area contributed by atoms with E-state index in [1.807, 2.05) is 0 Å². The number of hydrogen-bond acceptors (Lipinski definition) is 6. The van der Waals surface area contributed by atoms with Crippen LogP contribution >= 0.6 is 0 Å². The van der Waals surface area contributed by atoms with E-state index in [1.165, 1.54) is 48.5 Å². The van der Waals surface area contributed by atoms with E-state index in [0.29, 0.717) is 5.56 Å². The van der Waals surface area contributed by atoms with Gasteiger partial charge in [-0.1, -0.05) is 26.0 Å². The summed E-state index contributed by atoms with van der Waals surface area (Å²) in [6, 6.07) is 5.83. The van der Waals surface area contributed by atoms with Crippen molar-refractivity contribution in [3.05, 3.63) is 53.5 Å². The Morgan fingerprint density at radius 1 is 1.14 bits per heavy atom. The van der Waals surface area contributed by atoms with E-state index in [0.717, 1.165) is 0 Å². The fourth-order valence-corrected chi connectivity index (χ4v) is 3.98. The van der Waals surface area contributed by atoms with Crippen LogP contribution in [0.2, 0.25) is 0 Å². The fraction of sp³-hybridized carbons (Fsp3) is 0.375. The van der Waals surface area contributed by atoms with Gasteiger partial charge in [-0.2, -0.15) is 0 Å². The van der Waals surface area contributed by atoms with Crippen LogP contribution in [0.15, 0.2) is 36.5 Å². The number of aromatic nitrogens is 1. The van der Waals surface area contributed by atoms with Crippen LogP contribution in [-0.2, 0) is 14.4 Å². The number of rotatable bonds is 5. The SMILES string of the molecule is COc1ncc(NC(=O)C(=O)N2CC(C)N(C(=O)C(C)C)CC2c2ccc(F)cc2)cc1C(N)=O. The summed E-state index contributed by atoms with van der Waals surface area (Å²) in [6.45, 7) is 5.62. The highest BCUT2D eigenvalue weighted by Crippen LogP contribution is 2.30.